The van der Waals surface area contributed by atoms with E-state index in [9.17, 15) is 19.2 Å². The third-order valence-corrected chi connectivity index (χ3v) is 6.95. The highest BCUT2D eigenvalue weighted by Gasteiger charge is 2.43. The Bertz CT molecular complexity index is 1210. The van der Waals surface area contributed by atoms with Gasteiger partial charge in [-0.05, 0) is 71.6 Å². The molecular weight excluding hydrogens is 534 g/mol. The molecule has 3 amide bonds. The summed E-state index contributed by atoms with van der Waals surface area (Å²) in [4.78, 5) is 55.1. The van der Waals surface area contributed by atoms with Crippen molar-refractivity contribution in [2.75, 3.05) is 13.2 Å². The van der Waals surface area contributed by atoms with Crippen LogP contribution in [0.15, 0.2) is 54.6 Å². The van der Waals surface area contributed by atoms with Gasteiger partial charge in [-0.25, -0.2) is 4.79 Å². The van der Waals surface area contributed by atoms with Gasteiger partial charge < -0.3 is 25.0 Å². The Balaban J connectivity index is 2.60. The number of hydrogen-bond donors (Lipinski definition) is 2. The molecule has 0 spiro atoms. The lowest BCUT2D eigenvalue weighted by molar-refractivity contribution is -0.149. The van der Waals surface area contributed by atoms with Gasteiger partial charge in [0.25, 0.3) is 0 Å². The first-order valence-electron chi connectivity index (χ1n) is 14.6. The van der Waals surface area contributed by atoms with Crippen molar-refractivity contribution < 1.29 is 28.7 Å². The van der Waals surface area contributed by atoms with Crippen molar-refractivity contribution >= 4 is 23.9 Å². The Labute approximate surface area is 250 Å². The van der Waals surface area contributed by atoms with E-state index < -0.39 is 47.1 Å². The maximum Gasteiger partial charge on any atom is 0.408 e. The number of carbonyl (C=O) groups excluding carboxylic acids is 4. The number of rotatable bonds is 13. The number of amides is 3. The molecule has 0 saturated heterocycles. The molecule has 0 fully saturated rings. The second kappa shape index (κ2) is 15.4. The number of hydrogen-bond acceptors (Lipinski definition) is 6. The van der Waals surface area contributed by atoms with Crippen LogP contribution in [0.3, 0.4) is 0 Å². The zero-order valence-electron chi connectivity index (χ0n) is 26.3. The van der Waals surface area contributed by atoms with Crippen LogP contribution in [0, 0.1) is 6.92 Å². The number of carbonyl (C=O) groups is 4. The van der Waals surface area contributed by atoms with Crippen molar-refractivity contribution in [3.8, 4) is 0 Å². The van der Waals surface area contributed by atoms with Gasteiger partial charge in [0.2, 0.25) is 11.8 Å². The molecule has 230 valence electrons. The maximum absolute atomic E-state index is 14.7. The van der Waals surface area contributed by atoms with E-state index in [1.165, 1.54) is 0 Å². The molecule has 0 aliphatic rings. The number of alkyl carbamates (subject to hydrolysis) is 1. The average Bonchev–Trinajstić information content (AvgIpc) is 2.91. The largest absolute Gasteiger partial charge is 0.466 e. The molecule has 0 aliphatic heterocycles. The maximum atomic E-state index is 14.7. The first kappa shape index (κ1) is 34.3. The molecule has 0 radical (unpaired) electrons. The quantitative estimate of drug-likeness (QED) is 0.312. The van der Waals surface area contributed by atoms with Crippen LogP contribution in [0.2, 0.25) is 0 Å². The fraction of sp³-hybridized carbons (Fsp3) is 0.515. The van der Waals surface area contributed by atoms with Gasteiger partial charge in [0.1, 0.15) is 17.7 Å². The SMILES string of the molecule is CCOC(=O)CCNC(=O)C(c1ccccc1C)N(C(=O)C(Cc1ccccc1)NC(=O)OC(C)(C)C)C(C)(C)CC. The molecule has 2 unspecified atom stereocenters. The summed E-state index contributed by atoms with van der Waals surface area (Å²) in [7, 11) is 0. The van der Waals surface area contributed by atoms with Crippen LogP contribution in [-0.2, 0) is 30.3 Å². The highest BCUT2D eigenvalue weighted by atomic mass is 16.6. The average molecular weight is 582 g/mol. The van der Waals surface area contributed by atoms with Crippen LogP contribution in [0.1, 0.15) is 84.0 Å². The standard InChI is InChI=1S/C33H47N3O6/c1-9-33(7,8)36(28(25-19-15-14-16-23(25)3)29(38)34-21-20-27(37)41-10-2)30(39)26(22-24-17-12-11-13-18-24)35-31(40)42-32(4,5)6/h11-19,26,28H,9-10,20-22H2,1-8H3,(H,34,38)(H,35,40). The third-order valence-electron chi connectivity index (χ3n) is 6.95. The predicted octanol–water partition coefficient (Wildman–Crippen LogP) is 5.26. The first-order valence-corrected chi connectivity index (χ1v) is 14.6. The molecule has 9 nitrogen and oxygen atoms in total. The van der Waals surface area contributed by atoms with Crippen molar-refractivity contribution in [3.63, 3.8) is 0 Å². The molecule has 2 rings (SSSR count). The Morgan fingerprint density at radius 1 is 0.905 bits per heavy atom. The molecule has 0 bridgehead atoms. The topological polar surface area (TPSA) is 114 Å². The number of nitrogens with zero attached hydrogens (tertiary/aromatic N) is 1. The molecule has 2 N–H and O–H groups in total. The van der Waals surface area contributed by atoms with Crippen LogP contribution in [0.4, 0.5) is 4.79 Å². The normalized spacial score (nSPS) is 13.0. The van der Waals surface area contributed by atoms with Crippen molar-refractivity contribution in [1.29, 1.82) is 0 Å². The van der Waals surface area contributed by atoms with Crippen LogP contribution in [0.25, 0.3) is 0 Å². The third kappa shape index (κ3) is 10.2. The highest BCUT2D eigenvalue weighted by molar-refractivity contribution is 5.93. The Morgan fingerprint density at radius 3 is 2.10 bits per heavy atom. The van der Waals surface area contributed by atoms with Crippen molar-refractivity contribution in [2.24, 2.45) is 0 Å². The van der Waals surface area contributed by atoms with Crippen LogP contribution >= 0.6 is 0 Å². The Hall–Kier alpha value is -3.88. The summed E-state index contributed by atoms with van der Waals surface area (Å²) in [6.45, 7) is 14.9. The fourth-order valence-electron chi connectivity index (χ4n) is 4.52. The summed E-state index contributed by atoms with van der Waals surface area (Å²) in [5.74, 6) is -1.28. The van der Waals surface area contributed by atoms with Gasteiger partial charge in [0.15, 0.2) is 0 Å². The van der Waals surface area contributed by atoms with Crippen LogP contribution in [-0.4, -0.2) is 59.1 Å². The molecule has 0 aliphatic carbocycles. The minimum atomic E-state index is -1.03. The second-order valence-corrected chi connectivity index (χ2v) is 11.9. The minimum absolute atomic E-state index is 0.00200. The van der Waals surface area contributed by atoms with Crippen LogP contribution in [0.5, 0.6) is 0 Å². The predicted molar refractivity (Wildman–Crippen MR) is 163 cm³/mol. The van der Waals surface area contributed by atoms with Crippen LogP contribution < -0.4 is 10.6 Å². The lowest BCUT2D eigenvalue weighted by Gasteiger charge is -2.45. The fourth-order valence-corrected chi connectivity index (χ4v) is 4.52. The molecule has 0 aromatic heterocycles. The molecule has 42 heavy (non-hydrogen) atoms. The van der Waals surface area contributed by atoms with Crippen molar-refractivity contribution in [1.82, 2.24) is 15.5 Å². The molecule has 0 saturated carbocycles. The van der Waals surface area contributed by atoms with Gasteiger partial charge >= 0.3 is 12.1 Å². The Kier molecular flexibility index (Phi) is 12.6. The zero-order valence-corrected chi connectivity index (χ0v) is 26.3. The summed E-state index contributed by atoms with van der Waals surface area (Å²) < 4.78 is 10.5. The number of benzene rings is 2. The van der Waals surface area contributed by atoms with Gasteiger partial charge in [-0.15, -0.1) is 0 Å². The van der Waals surface area contributed by atoms with Crippen molar-refractivity contribution in [3.05, 3.63) is 71.3 Å². The van der Waals surface area contributed by atoms with E-state index in [4.69, 9.17) is 9.47 Å². The first-order chi connectivity index (χ1) is 19.7. The molecule has 2 aromatic rings. The molecule has 9 heteroatoms. The number of nitrogens with one attached hydrogen (secondary N) is 2. The van der Waals surface area contributed by atoms with E-state index in [1.54, 1.807) is 32.6 Å². The van der Waals surface area contributed by atoms with Gasteiger partial charge in [-0.2, -0.15) is 0 Å². The summed E-state index contributed by atoms with van der Waals surface area (Å²) in [6, 6.07) is 14.7. The van der Waals surface area contributed by atoms with E-state index in [0.717, 1.165) is 11.1 Å². The highest BCUT2D eigenvalue weighted by Crippen LogP contribution is 2.34. The molecular formula is C33H47N3O6. The Morgan fingerprint density at radius 2 is 1.52 bits per heavy atom. The van der Waals surface area contributed by atoms with E-state index in [0.29, 0.717) is 12.0 Å². The lowest BCUT2D eigenvalue weighted by atomic mass is 9.89. The van der Waals surface area contributed by atoms with Gasteiger partial charge in [0.05, 0.1) is 13.0 Å². The minimum Gasteiger partial charge on any atom is -0.466 e. The second-order valence-electron chi connectivity index (χ2n) is 11.9. The summed E-state index contributed by atoms with van der Waals surface area (Å²) in [6.07, 6.45) is 0.00145. The van der Waals surface area contributed by atoms with E-state index >= 15 is 0 Å². The number of aryl methyl sites for hydroxylation is 1. The van der Waals surface area contributed by atoms with E-state index in [1.807, 2.05) is 82.3 Å². The van der Waals surface area contributed by atoms with Gasteiger partial charge in [0, 0.05) is 18.5 Å². The molecule has 2 atom stereocenters. The molecule has 2 aromatic carbocycles. The number of esters is 1. The number of ether oxygens (including phenoxy) is 2. The smallest absolute Gasteiger partial charge is 0.408 e. The lowest BCUT2D eigenvalue weighted by Crippen LogP contribution is -2.60. The van der Waals surface area contributed by atoms with Gasteiger partial charge in [-0.3, -0.25) is 14.4 Å². The zero-order chi connectivity index (χ0) is 31.5. The van der Waals surface area contributed by atoms with Gasteiger partial charge in [-0.1, -0.05) is 61.5 Å². The van der Waals surface area contributed by atoms with E-state index in [2.05, 4.69) is 10.6 Å². The summed E-state index contributed by atoms with van der Waals surface area (Å²) in [5, 5.41) is 5.63. The molecule has 0 heterocycles. The summed E-state index contributed by atoms with van der Waals surface area (Å²) >= 11 is 0. The van der Waals surface area contributed by atoms with Crippen molar-refractivity contribution in [2.45, 2.75) is 97.9 Å². The van der Waals surface area contributed by atoms with E-state index in [-0.39, 0.29) is 26.0 Å². The monoisotopic (exact) mass is 581 g/mol. The summed E-state index contributed by atoms with van der Waals surface area (Å²) in [5.41, 5.74) is 0.749.